The van der Waals surface area contributed by atoms with Crippen molar-refractivity contribution < 1.29 is 19.0 Å². The number of aromatic nitrogens is 1. The first-order valence-corrected chi connectivity index (χ1v) is 10.6. The van der Waals surface area contributed by atoms with Crippen LogP contribution in [-0.2, 0) is 9.47 Å². The first-order valence-electron chi connectivity index (χ1n) is 9.75. The van der Waals surface area contributed by atoms with Gasteiger partial charge in [-0.15, -0.1) is 11.3 Å². The van der Waals surface area contributed by atoms with Crippen LogP contribution in [0.5, 0.6) is 5.75 Å². The van der Waals surface area contributed by atoms with E-state index >= 15 is 0 Å². The predicted molar refractivity (Wildman–Crippen MR) is 127 cm³/mol. The Kier molecular flexibility index (Phi) is 6.82. The number of rotatable bonds is 6. The number of hydrogen-bond donors (Lipinski definition) is 2. The molecule has 8 heteroatoms. The molecule has 0 fully saturated rings. The van der Waals surface area contributed by atoms with Gasteiger partial charge in [-0.1, -0.05) is 12.1 Å². The lowest BCUT2D eigenvalue weighted by Crippen LogP contribution is -2.27. The van der Waals surface area contributed by atoms with E-state index in [-0.39, 0.29) is 6.79 Å². The molecule has 3 rings (SSSR count). The van der Waals surface area contributed by atoms with Crippen LogP contribution in [0.4, 0.5) is 16.2 Å². The molecule has 0 aliphatic carbocycles. The lowest BCUT2D eigenvalue weighted by Gasteiger charge is -2.20. The Morgan fingerprint density at radius 1 is 1.23 bits per heavy atom. The summed E-state index contributed by atoms with van der Waals surface area (Å²) in [6.07, 6.45) is 3.29. The molecule has 3 aromatic rings. The molecule has 1 heterocycles. The smallest absolute Gasteiger partial charge is 0.412 e. The van der Waals surface area contributed by atoms with Gasteiger partial charge in [0, 0.05) is 12.8 Å². The third kappa shape index (κ3) is 6.19. The maximum Gasteiger partial charge on any atom is 0.412 e. The maximum absolute atomic E-state index is 12.2. The van der Waals surface area contributed by atoms with E-state index in [1.165, 1.54) is 7.11 Å². The fourth-order valence-electron chi connectivity index (χ4n) is 2.76. The highest BCUT2D eigenvalue weighted by Crippen LogP contribution is 2.30. The van der Waals surface area contributed by atoms with Gasteiger partial charge in [-0.2, -0.15) is 0 Å². The summed E-state index contributed by atoms with van der Waals surface area (Å²) in [5, 5.41) is 3.61. The molecule has 7 nitrogen and oxygen atoms in total. The monoisotopic (exact) mass is 441 g/mol. The molecule has 0 bridgehead atoms. The minimum Gasteiger partial charge on any atom is -0.465 e. The van der Waals surface area contributed by atoms with E-state index in [0.717, 1.165) is 32.0 Å². The molecule has 0 aliphatic rings. The fourth-order valence-corrected chi connectivity index (χ4v) is 3.66. The Morgan fingerprint density at radius 3 is 2.71 bits per heavy atom. The van der Waals surface area contributed by atoms with Gasteiger partial charge in [0.05, 0.1) is 15.9 Å². The van der Waals surface area contributed by atoms with Gasteiger partial charge in [-0.25, -0.2) is 9.78 Å². The van der Waals surface area contributed by atoms with Crippen molar-refractivity contribution in [1.29, 1.82) is 0 Å². The van der Waals surface area contributed by atoms with E-state index in [9.17, 15) is 4.79 Å². The molecule has 0 aliphatic heterocycles. The third-order valence-corrected chi connectivity index (χ3v) is 5.17. The average molecular weight is 442 g/mol. The second-order valence-electron chi connectivity index (χ2n) is 8.00. The van der Waals surface area contributed by atoms with E-state index in [2.05, 4.69) is 10.3 Å². The zero-order chi connectivity index (χ0) is 22.6. The molecular weight excluding hydrogens is 414 g/mol. The number of carbonyl (C=O) groups is 1. The van der Waals surface area contributed by atoms with E-state index in [0.29, 0.717) is 11.4 Å². The number of ether oxygens (including phenoxy) is 3. The van der Waals surface area contributed by atoms with Crippen LogP contribution >= 0.6 is 11.3 Å². The lowest BCUT2D eigenvalue weighted by atomic mass is 10.1. The van der Waals surface area contributed by atoms with Crippen molar-refractivity contribution in [3.63, 3.8) is 0 Å². The van der Waals surface area contributed by atoms with E-state index in [4.69, 9.17) is 19.9 Å². The van der Waals surface area contributed by atoms with Crippen molar-refractivity contribution in [2.45, 2.75) is 33.3 Å². The Hall–Kier alpha value is -3.10. The zero-order valence-corrected chi connectivity index (χ0v) is 19.1. The molecule has 1 amide bonds. The minimum atomic E-state index is -0.607. The highest BCUT2D eigenvalue weighted by Gasteiger charge is 2.18. The number of hydrogen-bond acceptors (Lipinski definition) is 7. The first-order chi connectivity index (χ1) is 14.6. The van der Waals surface area contributed by atoms with Gasteiger partial charge in [0.25, 0.3) is 0 Å². The number of anilines is 2. The van der Waals surface area contributed by atoms with Gasteiger partial charge < -0.3 is 19.9 Å². The molecule has 0 atom stereocenters. The Bertz CT molecular complexity index is 1080. The molecule has 31 heavy (non-hydrogen) atoms. The molecule has 0 unspecified atom stereocenters. The van der Waals surface area contributed by atoms with Crippen molar-refractivity contribution in [3.8, 4) is 5.75 Å². The number of methoxy groups -OCH3 is 1. The number of fused-ring (bicyclic) bond motifs is 1. The second-order valence-corrected chi connectivity index (χ2v) is 9.06. The van der Waals surface area contributed by atoms with Crippen LogP contribution < -0.4 is 15.8 Å². The summed E-state index contributed by atoms with van der Waals surface area (Å²) in [6.45, 7) is 7.45. The Morgan fingerprint density at radius 2 is 2.00 bits per heavy atom. The quantitative estimate of drug-likeness (QED) is 0.377. The van der Waals surface area contributed by atoms with Gasteiger partial charge in [-0.3, -0.25) is 5.32 Å². The van der Waals surface area contributed by atoms with Crippen LogP contribution in [0.1, 0.15) is 36.9 Å². The van der Waals surface area contributed by atoms with Gasteiger partial charge in [0.15, 0.2) is 6.79 Å². The molecule has 0 radical (unpaired) electrons. The summed E-state index contributed by atoms with van der Waals surface area (Å²) in [7, 11) is 1.53. The topological polar surface area (TPSA) is 95.7 Å². The number of carbonyl (C=O) groups excluding carboxylic acids is 1. The highest BCUT2D eigenvalue weighted by molar-refractivity contribution is 7.19. The highest BCUT2D eigenvalue weighted by atomic mass is 32.1. The number of aryl methyl sites for hydroxylation is 1. The van der Waals surface area contributed by atoms with E-state index in [1.807, 2.05) is 37.3 Å². The van der Waals surface area contributed by atoms with Gasteiger partial charge in [0.1, 0.15) is 16.4 Å². The summed E-state index contributed by atoms with van der Waals surface area (Å²) in [6, 6.07) is 9.40. The van der Waals surface area contributed by atoms with Crippen molar-refractivity contribution >= 4 is 51.2 Å². The van der Waals surface area contributed by atoms with Crippen molar-refractivity contribution in [3.05, 3.63) is 46.5 Å². The fraction of sp³-hybridized carbons (Fsp3) is 0.304. The number of benzene rings is 2. The molecule has 0 saturated heterocycles. The van der Waals surface area contributed by atoms with Crippen molar-refractivity contribution in [2.24, 2.45) is 0 Å². The summed E-state index contributed by atoms with van der Waals surface area (Å²) in [5.41, 5.74) is 9.44. The van der Waals surface area contributed by atoms with E-state index in [1.54, 1.807) is 44.2 Å². The largest absolute Gasteiger partial charge is 0.465 e. The molecule has 0 saturated carbocycles. The molecule has 0 spiro atoms. The number of nitrogen functional groups attached to an aromatic ring is 1. The van der Waals surface area contributed by atoms with Crippen LogP contribution in [0.2, 0.25) is 0 Å². The maximum atomic E-state index is 12.2. The summed E-state index contributed by atoms with van der Waals surface area (Å²) in [5.74, 6) is 0.482. The SMILES string of the molecule is COCOc1ccc(/C=C/c2nc3cc(C)c(N)cc3s2)cc1NC(=O)OC(C)(C)C. The Balaban J connectivity index is 1.84. The Labute approximate surface area is 185 Å². The molecule has 164 valence electrons. The lowest BCUT2D eigenvalue weighted by molar-refractivity contribution is 0.0509. The summed E-state index contributed by atoms with van der Waals surface area (Å²) >= 11 is 1.57. The number of nitrogens with two attached hydrogens (primary N) is 1. The predicted octanol–water partition coefficient (Wildman–Crippen LogP) is 5.69. The number of nitrogens with zero attached hydrogens (tertiary/aromatic N) is 1. The molecular formula is C23H27N3O4S. The summed E-state index contributed by atoms with van der Waals surface area (Å²) < 4.78 is 16.9. The van der Waals surface area contributed by atoms with Gasteiger partial charge >= 0.3 is 6.09 Å². The average Bonchev–Trinajstić information content (AvgIpc) is 3.06. The zero-order valence-electron chi connectivity index (χ0n) is 18.3. The standard InChI is InChI=1S/C23H27N3O4S/c1-14-10-18-20(12-16(14)24)31-21(25-18)9-7-15-6-8-19(29-13-28-5)17(11-15)26-22(27)30-23(2,3)4/h6-12H,13,24H2,1-5H3,(H,26,27)/b9-7+. The second kappa shape index (κ2) is 9.36. The third-order valence-electron chi connectivity index (χ3n) is 4.18. The number of nitrogens with one attached hydrogen (secondary N) is 1. The van der Waals surface area contributed by atoms with E-state index < -0.39 is 11.7 Å². The molecule has 3 N–H and O–H groups in total. The van der Waals surface area contributed by atoms with Crippen molar-refractivity contribution in [2.75, 3.05) is 25.0 Å². The normalized spacial score (nSPS) is 11.8. The number of amides is 1. The van der Waals surface area contributed by atoms with Crippen LogP contribution in [0, 0.1) is 6.92 Å². The van der Waals surface area contributed by atoms with Crippen LogP contribution in [-0.4, -0.2) is 30.6 Å². The molecule has 1 aromatic heterocycles. The van der Waals surface area contributed by atoms with Crippen molar-refractivity contribution in [1.82, 2.24) is 4.98 Å². The van der Waals surface area contributed by atoms with Gasteiger partial charge in [-0.05, 0) is 69.2 Å². The minimum absolute atomic E-state index is 0.0619. The van der Waals surface area contributed by atoms with Gasteiger partial charge in [0.2, 0.25) is 0 Å². The first kappa shape index (κ1) is 22.6. The van der Waals surface area contributed by atoms with Crippen LogP contribution in [0.15, 0.2) is 30.3 Å². The van der Waals surface area contributed by atoms with Crippen LogP contribution in [0.3, 0.4) is 0 Å². The number of thiazole rings is 1. The summed E-state index contributed by atoms with van der Waals surface area (Å²) in [4.78, 5) is 16.9. The van der Waals surface area contributed by atoms with Crippen LogP contribution in [0.25, 0.3) is 22.4 Å². The molecule has 2 aromatic carbocycles.